The van der Waals surface area contributed by atoms with E-state index in [0.29, 0.717) is 12.1 Å². The maximum absolute atomic E-state index is 13.1. The second-order valence-corrected chi connectivity index (χ2v) is 7.51. The summed E-state index contributed by atoms with van der Waals surface area (Å²) in [5, 5.41) is 2.61. The van der Waals surface area contributed by atoms with Crippen LogP contribution in [0, 0.1) is 5.92 Å². The minimum atomic E-state index is -4.56. The molecule has 1 atom stereocenters. The molecule has 32 heavy (non-hydrogen) atoms. The highest BCUT2D eigenvalue weighted by Crippen LogP contribution is 2.33. The van der Waals surface area contributed by atoms with Crippen molar-refractivity contribution in [1.82, 2.24) is 5.32 Å². The SMILES string of the molecule is O=C(NCc1ccccc1)C1=CC2=NC(=S)N(c3cccc(C(F)(F)F)c3)C(=O)C2C=C1. The number of nitrogens with one attached hydrogen (secondary N) is 1. The van der Waals surface area contributed by atoms with Crippen LogP contribution in [0.3, 0.4) is 0 Å². The first kappa shape index (κ1) is 21.6. The number of alkyl halides is 3. The summed E-state index contributed by atoms with van der Waals surface area (Å²) < 4.78 is 39.2. The van der Waals surface area contributed by atoms with Crippen molar-refractivity contribution in [3.8, 4) is 0 Å². The third-order valence-corrected chi connectivity index (χ3v) is 5.26. The van der Waals surface area contributed by atoms with Crippen molar-refractivity contribution in [3.05, 3.63) is 89.5 Å². The number of allylic oxidation sites excluding steroid dienone is 1. The Bertz CT molecular complexity index is 1190. The fourth-order valence-electron chi connectivity index (χ4n) is 3.38. The van der Waals surface area contributed by atoms with Crippen LogP contribution < -0.4 is 10.2 Å². The highest BCUT2D eigenvalue weighted by molar-refractivity contribution is 7.80. The highest BCUT2D eigenvalue weighted by atomic mass is 32.1. The maximum atomic E-state index is 13.1. The lowest BCUT2D eigenvalue weighted by atomic mass is 9.91. The van der Waals surface area contributed by atoms with Gasteiger partial charge in [-0.05, 0) is 42.1 Å². The Labute approximate surface area is 186 Å². The average Bonchev–Trinajstić information content (AvgIpc) is 2.77. The third kappa shape index (κ3) is 4.38. The molecule has 5 nitrogen and oxygen atoms in total. The zero-order chi connectivity index (χ0) is 22.9. The van der Waals surface area contributed by atoms with Crippen molar-refractivity contribution in [2.24, 2.45) is 10.9 Å². The van der Waals surface area contributed by atoms with Gasteiger partial charge < -0.3 is 5.32 Å². The first-order valence-corrected chi connectivity index (χ1v) is 10.0. The maximum Gasteiger partial charge on any atom is 0.416 e. The van der Waals surface area contributed by atoms with E-state index in [1.165, 1.54) is 30.4 Å². The summed E-state index contributed by atoms with van der Waals surface area (Å²) in [5.41, 5.74) is 0.607. The fourth-order valence-corrected chi connectivity index (χ4v) is 3.68. The minimum absolute atomic E-state index is 0.0126. The highest BCUT2D eigenvalue weighted by Gasteiger charge is 2.37. The van der Waals surface area contributed by atoms with Crippen LogP contribution in [0.15, 0.2) is 83.4 Å². The Morgan fingerprint density at radius 1 is 1.12 bits per heavy atom. The van der Waals surface area contributed by atoms with E-state index in [1.54, 1.807) is 0 Å². The van der Waals surface area contributed by atoms with Crippen molar-refractivity contribution in [2.45, 2.75) is 12.7 Å². The van der Waals surface area contributed by atoms with Crippen LogP contribution in [0.1, 0.15) is 11.1 Å². The summed E-state index contributed by atoms with van der Waals surface area (Å²) >= 11 is 5.19. The van der Waals surface area contributed by atoms with Crippen LogP contribution in [0.2, 0.25) is 0 Å². The topological polar surface area (TPSA) is 61.8 Å². The van der Waals surface area contributed by atoms with Gasteiger partial charge in [0.1, 0.15) is 0 Å². The summed E-state index contributed by atoms with van der Waals surface area (Å²) in [7, 11) is 0. The molecule has 1 unspecified atom stereocenters. The van der Waals surface area contributed by atoms with Gasteiger partial charge in [-0.2, -0.15) is 13.2 Å². The number of halogens is 3. The van der Waals surface area contributed by atoms with Gasteiger partial charge in [0.25, 0.3) is 5.91 Å². The largest absolute Gasteiger partial charge is 0.416 e. The molecule has 0 radical (unpaired) electrons. The summed E-state index contributed by atoms with van der Waals surface area (Å²) in [6.07, 6.45) is -0.0827. The van der Waals surface area contributed by atoms with E-state index in [9.17, 15) is 22.8 Å². The second-order valence-electron chi connectivity index (χ2n) is 7.15. The van der Waals surface area contributed by atoms with Crippen LogP contribution in [0.4, 0.5) is 18.9 Å². The normalized spacial score (nSPS) is 18.1. The predicted octanol–water partition coefficient (Wildman–Crippen LogP) is 4.21. The molecule has 1 aliphatic carbocycles. The van der Waals surface area contributed by atoms with Gasteiger partial charge in [0.15, 0.2) is 0 Å². The number of benzene rings is 2. The number of aliphatic imine (C=N–C) groups is 1. The van der Waals surface area contributed by atoms with Crippen molar-refractivity contribution >= 4 is 40.5 Å². The molecule has 0 fully saturated rings. The van der Waals surface area contributed by atoms with E-state index in [0.717, 1.165) is 22.6 Å². The van der Waals surface area contributed by atoms with Crippen molar-refractivity contribution in [1.29, 1.82) is 0 Å². The number of amides is 2. The zero-order valence-corrected chi connectivity index (χ0v) is 17.3. The molecular formula is C23H16F3N3O2S. The smallest absolute Gasteiger partial charge is 0.348 e. The molecule has 2 aliphatic rings. The predicted molar refractivity (Wildman–Crippen MR) is 118 cm³/mol. The Hall–Kier alpha value is -3.59. The van der Waals surface area contributed by atoms with Gasteiger partial charge in [-0.15, -0.1) is 0 Å². The summed E-state index contributed by atoms with van der Waals surface area (Å²) in [6.45, 7) is 0.335. The van der Waals surface area contributed by atoms with E-state index < -0.39 is 23.6 Å². The first-order chi connectivity index (χ1) is 15.2. The van der Waals surface area contributed by atoms with E-state index in [2.05, 4.69) is 10.3 Å². The first-order valence-electron chi connectivity index (χ1n) is 9.60. The monoisotopic (exact) mass is 455 g/mol. The zero-order valence-electron chi connectivity index (χ0n) is 16.5. The van der Waals surface area contributed by atoms with E-state index >= 15 is 0 Å². The molecule has 0 aromatic heterocycles. The van der Waals surface area contributed by atoms with Crippen molar-refractivity contribution < 1.29 is 22.8 Å². The number of carbonyl (C=O) groups is 2. The van der Waals surface area contributed by atoms with Gasteiger partial charge in [-0.25, -0.2) is 4.99 Å². The van der Waals surface area contributed by atoms with Gasteiger partial charge in [0.2, 0.25) is 11.0 Å². The summed E-state index contributed by atoms with van der Waals surface area (Å²) in [5.74, 6) is -1.72. The van der Waals surface area contributed by atoms with E-state index in [-0.39, 0.29) is 22.4 Å². The molecule has 4 rings (SSSR count). The number of hydrogen-bond acceptors (Lipinski definition) is 3. The molecule has 0 spiro atoms. The molecule has 9 heteroatoms. The molecule has 0 saturated heterocycles. The molecule has 0 saturated carbocycles. The molecule has 162 valence electrons. The quantitative estimate of drug-likeness (QED) is 0.703. The van der Waals surface area contributed by atoms with Gasteiger partial charge in [0, 0.05) is 12.1 Å². The van der Waals surface area contributed by atoms with Crippen molar-refractivity contribution in [3.63, 3.8) is 0 Å². The lowest BCUT2D eigenvalue weighted by Gasteiger charge is -2.31. The molecular weight excluding hydrogens is 439 g/mol. The molecule has 2 aromatic carbocycles. The number of rotatable bonds is 4. The minimum Gasteiger partial charge on any atom is -0.348 e. The number of fused-ring (bicyclic) bond motifs is 1. The molecule has 1 heterocycles. The number of anilines is 1. The lowest BCUT2D eigenvalue weighted by molar-refractivity contribution is -0.137. The molecule has 1 aliphatic heterocycles. The van der Waals surface area contributed by atoms with Crippen LogP contribution in [0.5, 0.6) is 0 Å². The van der Waals surface area contributed by atoms with E-state index in [4.69, 9.17) is 12.2 Å². The summed E-state index contributed by atoms with van der Waals surface area (Å²) in [6, 6.07) is 13.7. The van der Waals surface area contributed by atoms with Crippen LogP contribution >= 0.6 is 12.2 Å². The van der Waals surface area contributed by atoms with Gasteiger partial charge in [0.05, 0.1) is 22.9 Å². The Morgan fingerprint density at radius 2 is 1.88 bits per heavy atom. The average molecular weight is 455 g/mol. The standard InChI is InChI=1S/C23H16F3N3O2S/c24-23(25,26)16-7-4-8-17(12-16)29-21(31)18-10-9-15(11-19(18)28-22(29)32)20(30)27-13-14-5-2-1-3-6-14/h1-12,18H,13H2,(H,27,30). The lowest BCUT2D eigenvalue weighted by Crippen LogP contribution is -2.46. The number of nitrogens with zero attached hydrogens (tertiary/aromatic N) is 2. The third-order valence-electron chi connectivity index (χ3n) is 4.98. The Kier molecular flexibility index (Phi) is 5.75. The van der Waals surface area contributed by atoms with Crippen molar-refractivity contribution in [2.75, 3.05) is 4.90 Å². The number of hydrogen-bond donors (Lipinski definition) is 1. The molecule has 0 bridgehead atoms. The number of carbonyl (C=O) groups excluding carboxylic acids is 2. The van der Waals surface area contributed by atoms with Gasteiger partial charge in [-0.3, -0.25) is 14.5 Å². The molecule has 2 aromatic rings. The Morgan fingerprint density at radius 3 is 2.59 bits per heavy atom. The molecule has 2 amide bonds. The van der Waals surface area contributed by atoms with Crippen LogP contribution in [0.25, 0.3) is 0 Å². The van der Waals surface area contributed by atoms with Crippen LogP contribution in [-0.4, -0.2) is 22.6 Å². The van der Waals surface area contributed by atoms with Gasteiger partial charge in [-0.1, -0.05) is 48.6 Å². The summed E-state index contributed by atoms with van der Waals surface area (Å²) in [4.78, 5) is 30.7. The number of thiocarbonyl (C=S) groups is 1. The molecule has 1 N–H and O–H groups in total. The second kappa shape index (κ2) is 8.51. The van der Waals surface area contributed by atoms with E-state index in [1.807, 2.05) is 30.3 Å². The van der Waals surface area contributed by atoms with Crippen LogP contribution in [-0.2, 0) is 22.3 Å². The van der Waals surface area contributed by atoms with Gasteiger partial charge >= 0.3 is 6.18 Å². The Balaban J connectivity index is 1.55. The fraction of sp³-hybridized carbons (Fsp3) is 0.130.